The lowest BCUT2D eigenvalue weighted by Gasteiger charge is -2.27. The lowest BCUT2D eigenvalue weighted by Crippen LogP contribution is -2.41. The highest BCUT2D eigenvalue weighted by Gasteiger charge is 2.32. The maximum atomic E-state index is 13.3. The van der Waals surface area contributed by atoms with Gasteiger partial charge in [-0.2, -0.15) is 0 Å². The number of aromatic nitrogens is 3. The van der Waals surface area contributed by atoms with Crippen molar-refractivity contribution in [2.75, 3.05) is 33.1 Å². The first-order valence-corrected chi connectivity index (χ1v) is 15.9. The molecule has 1 N–H and O–H groups in total. The molecule has 0 fully saturated rings. The molecule has 0 bridgehead atoms. The number of imide groups is 1. The number of carbonyl (C=O) groups is 3. The summed E-state index contributed by atoms with van der Waals surface area (Å²) in [6.07, 6.45) is 1.62. The van der Waals surface area contributed by atoms with Crippen LogP contribution in [0.3, 0.4) is 0 Å². The van der Waals surface area contributed by atoms with E-state index in [1.807, 2.05) is 77.4 Å². The second kappa shape index (κ2) is 13.9. The third-order valence-corrected chi connectivity index (χ3v) is 8.80. The number of benzene rings is 4. The van der Waals surface area contributed by atoms with E-state index >= 15 is 0 Å². The molecule has 4 aromatic carbocycles. The number of hydrogen-bond acceptors (Lipinski definition) is 8. The Kier molecular flexibility index (Phi) is 9.30. The Morgan fingerprint density at radius 2 is 1.54 bits per heavy atom. The first-order chi connectivity index (χ1) is 22.5. The van der Waals surface area contributed by atoms with Crippen LogP contribution in [0.5, 0.6) is 11.5 Å². The third kappa shape index (κ3) is 6.32. The van der Waals surface area contributed by atoms with Crippen LogP contribution in [0.4, 0.5) is 0 Å². The number of aryl methyl sites for hydroxylation is 1. The zero-order chi connectivity index (χ0) is 32.0. The molecule has 3 amide bonds. The van der Waals surface area contributed by atoms with Crippen molar-refractivity contribution in [1.29, 1.82) is 0 Å². The highest BCUT2D eigenvalue weighted by molar-refractivity contribution is 7.99. The Morgan fingerprint density at radius 1 is 0.826 bits per heavy atom. The average molecular weight is 636 g/mol. The highest BCUT2D eigenvalue weighted by Crippen LogP contribution is 2.31. The Balaban J connectivity index is 1.09. The van der Waals surface area contributed by atoms with Crippen molar-refractivity contribution in [2.45, 2.75) is 24.4 Å². The van der Waals surface area contributed by atoms with Gasteiger partial charge < -0.3 is 14.8 Å². The monoisotopic (exact) mass is 635 g/mol. The van der Waals surface area contributed by atoms with E-state index in [2.05, 4.69) is 15.5 Å². The minimum Gasteiger partial charge on any atom is -0.493 e. The van der Waals surface area contributed by atoms with Crippen molar-refractivity contribution in [2.24, 2.45) is 0 Å². The van der Waals surface area contributed by atoms with Crippen LogP contribution in [0.25, 0.3) is 16.5 Å². The molecule has 0 saturated carbocycles. The van der Waals surface area contributed by atoms with E-state index in [9.17, 15) is 14.4 Å². The van der Waals surface area contributed by atoms with Crippen LogP contribution in [-0.2, 0) is 17.6 Å². The fraction of sp³-hybridized carbons (Fsp3) is 0.229. The first-order valence-electron chi connectivity index (χ1n) is 15.0. The van der Waals surface area contributed by atoms with E-state index in [1.165, 1.54) is 16.7 Å². The lowest BCUT2D eigenvalue weighted by molar-refractivity contribution is -0.118. The SMILES string of the molecule is COc1ccc(CCNC(=O)CSc2nnc(CCCN3C(=O)c4cccc5cccc(c45)C3=O)n2-c2ccccc2)cc1OC. The fourth-order valence-corrected chi connectivity index (χ4v) is 6.44. The largest absolute Gasteiger partial charge is 0.493 e. The predicted octanol–water partition coefficient (Wildman–Crippen LogP) is 5.12. The Labute approximate surface area is 270 Å². The van der Waals surface area contributed by atoms with E-state index in [0.717, 1.165) is 16.6 Å². The van der Waals surface area contributed by atoms with Crippen LogP contribution in [0.15, 0.2) is 90.1 Å². The summed E-state index contributed by atoms with van der Waals surface area (Å²) in [4.78, 5) is 40.7. The van der Waals surface area contributed by atoms with Crippen LogP contribution < -0.4 is 14.8 Å². The molecule has 234 valence electrons. The molecule has 0 unspecified atom stereocenters. The van der Waals surface area contributed by atoms with Gasteiger partial charge in [0.2, 0.25) is 5.91 Å². The van der Waals surface area contributed by atoms with Gasteiger partial charge in [-0.3, -0.25) is 23.9 Å². The third-order valence-electron chi connectivity index (χ3n) is 7.87. The van der Waals surface area contributed by atoms with E-state index < -0.39 is 0 Å². The van der Waals surface area contributed by atoms with Crippen molar-refractivity contribution >= 4 is 40.3 Å². The smallest absolute Gasteiger partial charge is 0.261 e. The van der Waals surface area contributed by atoms with E-state index in [1.54, 1.807) is 26.4 Å². The maximum Gasteiger partial charge on any atom is 0.261 e. The number of nitrogens with zero attached hydrogens (tertiary/aromatic N) is 4. The summed E-state index contributed by atoms with van der Waals surface area (Å²) in [5, 5.41) is 14.0. The molecule has 10 nitrogen and oxygen atoms in total. The van der Waals surface area contributed by atoms with Crippen LogP contribution >= 0.6 is 11.8 Å². The number of methoxy groups -OCH3 is 2. The number of ether oxygens (including phenoxy) is 2. The summed E-state index contributed by atoms with van der Waals surface area (Å²) in [6.45, 7) is 0.716. The summed E-state index contributed by atoms with van der Waals surface area (Å²) in [5.74, 6) is 1.47. The summed E-state index contributed by atoms with van der Waals surface area (Å²) in [5.41, 5.74) is 2.97. The zero-order valence-electron chi connectivity index (χ0n) is 25.6. The molecule has 6 rings (SSSR count). The van der Waals surface area contributed by atoms with Crippen LogP contribution in [0, 0.1) is 0 Å². The van der Waals surface area contributed by atoms with Crippen LogP contribution in [0.1, 0.15) is 38.5 Å². The number of para-hydroxylation sites is 1. The number of thioether (sulfide) groups is 1. The van der Waals surface area contributed by atoms with E-state index in [4.69, 9.17) is 9.47 Å². The van der Waals surface area contributed by atoms with Crippen molar-refractivity contribution < 1.29 is 23.9 Å². The van der Waals surface area contributed by atoms with Gasteiger partial charge in [0, 0.05) is 41.7 Å². The number of hydrogen-bond donors (Lipinski definition) is 1. The Hall–Kier alpha value is -5.16. The minimum absolute atomic E-state index is 0.118. The fourth-order valence-electron chi connectivity index (χ4n) is 5.63. The van der Waals surface area contributed by atoms with Crippen LogP contribution in [-0.4, -0.2) is 70.4 Å². The van der Waals surface area contributed by atoms with Crippen molar-refractivity contribution in [3.05, 3.63) is 107 Å². The Morgan fingerprint density at radius 3 is 2.24 bits per heavy atom. The molecule has 1 aliphatic heterocycles. The molecule has 5 aromatic rings. The molecule has 0 spiro atoms. The normalized spacial score (nSPS) is 12.4. The van der Waals surface area contributed by atoms with Gasteiger partial charge >= 0.3 is 0 Å². The number of nitrogens with one attached hydrogen (secondary N) is 1. The van der Waals surface area contributed by atoms with Crippen molar-refractivity contribution in [3.63, 3.8) is 0 Å². The molecule has 0 aliphatic carbocycles. The second-order valence-electron chi connectivity index (χ2n) is 10.7. The summed E-state index contributed by atoms with van der Waals surface area (Å²) >= 11 is 1.30. The quantitative estimate of drug-likeness (QED) is 0.140. The van der Waals surface area contributed by atoms with Gasteiger partial charge in [0.15, 0.2) is 16.7 Å². The Bertz CT molecular complexity index is 1860. The van der Waals surface area contributed by atoms with Crippen molar-refractivity contribution in [1.82, 2.24) is 25.0 Å². The van der Waals surface area contributed by atoms with Gasteiger partial charge in [-0.05, 0) is 60.2 Å². The molecule has 0 saturated heterocycles. The molecule has 46 heavy (non-hydrogen) atoms. The summed E-state index contributed by atoms with van der Waals surface area (Å²) < 4.78 is 12.6. The minimum atomic E-state index is -0.285. The molecule has 0 radical (unpaired) electrons. The van der Waals surface area contributed by atoms with E-state index in [-0.39, 0.29) is 30.0 Å². The molecular formula is C35H33N5O5S. The van der Waals surface area contributed by atoms with Gasteiger partial charge in [0.25, 0.3) is 11.8 Å². The zero-order valence-corrected chi connectivity index (χ0v) is 26.4. The van der Waals surface area contributed by atoms with Gasteiger partial charge in [0.1, 0.15) is 5.82 Å². The first kappa shape index (κ1) is 30.8. The van der Waals surface area contributed by atoms with Gasteiger partial charge in [-0.25, -0.2) is 0 Å². The number of carbonyl (C=O) groups excluding carboxylic acids is 3. The van der Waals surface area contributed by atoms with Crippen molar-refractivity contribution in [3.8, 4) is 17.2 Å². The highest BCUT2D eigenvalue weighted by atomic mass is 32.2. The standard InChI is InChI=1S/C35H33N5O5S/c1-44-28-17-16-23(21-29(28)45-2)18-19-36-31(41)22-46-35-38-37-30(40(35)25-11-4-3-5-12-25)15-8-20-39-33(42)26-13-6-9-24-10-7-14-27(32(24)26)34(39)43/h3-7,9-14,16-17,21H,8,15,18-20,22H2,1-2H3,(H,36,41). The van der Waals surface area contributed by atoms with Gasteiger partial charge in [0.05, 0.1) is 20.0 Å². The topological polar surface area (TPSA) is 116 Å². The lowest BCUT2D eigenvalue weighted by atomic mass is 9.94. The molecular weight excluding hydrogens is 602 g/mol. The van der Waals surface area contributed by atoms with Gasteiger partial charge in [-0.15, -0.1) is 10.2 Å². The van der Waals surface area contributed by atoms with Gasteiger partial charge in [-0.1, -0.05) is 60.3 Å². The predicted molar refractivity (Wildman–Crippen MR) is 176 cm³/mol. The van der Waals surface area contributed by atoms with E-state index in [0.29, 0.717) is 64.8 Å². The maximum absolute atomic E-state index is 13.3. The number of rotatable bonds is 13. The number of amides is 3. The summed E-state index contributed by atoms with van der Waals surface area (Å²) in [7, 11) is 3.19. The molecule has 1 aromatic heterocycles. The molecule has 11 heteroatoms. The molecule has 1 aliphatic rings. The van der Waals surface area contributed by atoms with Crippen LogP contribution in [0.2, 0.25) is 0 Å². The summed E-state index contributed by atoms with van der Waals surface area (Å²) in [6, 6.07) is 26.4. The average Bonchev–Trinajstić information content (AvgIpc) is 3.50. The molecule has 2 heterocycles. The molecule has 0 atom stereocenters. The second-order valence-corrected chi connectivity index (χ2v) is 11.7.